The van der Waals surface area contributed by atoms with Crippen molar-refractivity contribution >= 4 is 5.97 Å². The predicted molar refractivity (Wildman–Crippen MR) is 82.6 cm³/mol. The molecule has 20 heavy (non-hydrogen) atoms. The molecular formula is C16H33NO3. The van der Waals surface area contributed by atoms with Crippen molar-refractivity contribution in [3.63, 3.8) is 0 Å². The van der Waals surface area contributed by atoms with Crippen molar-refractivity contribution in [2.24, 2.45) is 5.73 Å². The van der Waals surface area contributed by atoms with Crippen LogP contribution in [0.15, 0.2) is 0 Å². The van der Waals surface area contributed by atoms with E-state index in [-0.39, 0.29) is 12.1 Å². The smallest absolute Gasteiger partial charge is 0.325 e. The zero-order chi connectivity index (χ0) is 15.4. The first-order chi connectivity index (χ1) is 9.44. The molecule has 0 aromatic carbocycles. The van der Waals surface area contributed by atoms with Crippen LogP contribution in [-0.2, 0) is 14.3 Å². The van der Waals surface area contributed by atoms with Gasteiger partial charge in [0.2, 0.25) is 0 Å². The molecule has 0 aliphatic carbocycles. The summed E-state index contributed by atoms with van der Waals surface area (Å²) in [5.74, 6) is -0.352. The molecule has 4 heteroatoms. The van der Waals surface area contributed by atoms with Crippen LogP contribution in [0.2, 0.25) is 0 Å². The Bertz CT molecular complexity index is 254. The van der Waals surface area contributed by atoms with E-state index in [1.807, 2.05) is 6.92 Å². The van der Waals surface area contributed by atoms with E-state index in [9.17, 15) is 4.79 Å². The standard InChI is InChI=1S/C16H33NO3/c1-5-7-8-9-10-11-12-20-14(3)13-16(4,17)15(18)19-6-2/h14H,5-13,17H2,1-4H3. The fourth-order valence-corrected chi connectivity index (χ4v) is 2.20. The van der Waals surface area contributed by atoms with Crippen LogP contribution >= 0.6 is 0 Å². The molecule has 0 heterocycles. The minimum atomic E-state index is -0.962. The number of esters is 1. The minimum Gasteiger partial charge on any atom is -0.465 e. The van der Waals surface area contributed by atoms with Gasteiger partial charge in [0.25, 0.3) is 0 Å². The highest BCUT2D eigenvalue weighted by molar-refractivity contribution is 5.80. The van der Waals surface area contributed by atoms with Gasteiger partial charge in [-0.2, -0.15) is 0 Å². The fraction of sp³-hybridized carbons (Fsp3) is 0.938. The molecule has 0 amide bonds. The number of carbonyl (C=O) groups is 1. The molecule has 0 rings (SSSR count). The van der Waals surface area contributed by atoms with E-state index >= 15 is 0 Å². The summed E-state index contributed by atoms with van der Waals surface area (Å²) in [4.78, 5) is 11.7. The van der Waals surface area contributed by atoms with E-state index in [1.165, 1.54) is 32.1 Å². The normalized spacial score (nSPS) is 15.7. The lowest BCUT2D eigenvalue weighted by Crippen LogP contribution is -2.48. The van der Waals surface area contributed by atoms with Crippen molar-refractivity contribution < 1.29 is 14.3 Å². The zero-order valence-electron chi connectivity index (χ0n) is 13.7. The van der Waals surface area contributed by atoms with E-state index in [0.717, 1.165) is 13.0 Å². The van der Waals surface area contributed by atoms with Gasteiger partial charge in [0.05, 0.1) is 12.7 Å². The summed E-state index contributed by atoms with van der Waals surface area (Å²) in [5, 5.41) is 0. The van der Waals surface area contributed by atoms with E-state index in [2.05, 4.69) is 6.92 Å². The number of unbranched alkanes of at least 4 members (excludes halogenated alkanes) is 5. The summed E-state index contributed by atoms with van der Waals surface area (Å²) in [5.41, 5.74) is 5.02. The molecule has 0 aromatic rings. The molecule has 0 fully saturated rings. The lowest BCUT2D eigenvalue weighted by Gasteiger charge is -2.25. The predicted octanol–water partition coefficient (Wildman–Crippen LogP) is 3.42. The number of nitrogens with two attached hydrogens (primary N) is 1. The first-order valence-electron chi connectivity index (χ1n) is 8.01. The maximum Gasteiger partial charge on any atom is 0.325 e. The highest BCUT2D eigenvalue weighted by atomic mass is 16.5. The Hall–Kier alpha value is -0.610. The lowest BCUT2D eigenvalue weighted by atomic mass is 9.96. The Kier molecular flexibility index (Phi) is 10.8. The SMILES string of the molecule is CCCCCCCCOC(C)CC(C)(N)C(=O)OCC. The molecule has 0 saturated carbocycles. The van der Waals surface area contributed by atoms with Crippen LogP contribution in [0.25, 0.3) is 0 Å². The number of rotatable bonds is 12. The van der Waals surface area contributed by atoms with Gasteiger partial charge >= 0.3 is 5.97 Å². The maximum atomic E-state index is 11.7. The molecule has 0 aromatic heterocycles. The Morgan fingerprint density at radius 3 is 2.35 bits per heavy atom. The van der Waals surface area contributed by atoms with Gasteiger partial charge in [-0.25, -0.2) is 0 Å². The van der Waals surface area contributed by atoms with Crippen LogP contribution < -0.4 is 5.73 Å². The molecule has 0 bridgehead atoms. The summed E-state index contributed by atoms with van der Waals surface area (Å²) in [6, 6.07) is 0. The second-order valence-corrected chi connectivity index (χ2v) is 5.79. The van der Waals surface area contributed by atoms with Gasteiger partial charge in [-0.3, -0.25) is 4.79 Å². The first-order valence-corrected chi connectivity index (χ1v) is 8.01. The van der Waals surface area contributed by atoms with Crippen LogP contribution in [0.3, 0.4) is 0 Å². The van der Waals surface area contributed by atoms with E-state index in [4.69, 9.17) is 15.2 Å². The fourth-order valence-electron chi connectivity index (χ4n) is 2.20. The second-order valence-electron chi connectivity index (χ2n) is 5.79. The summed E-state index contributed by atoms with van der Waals surface area (Å²) in [7, 11) is 0. The first kappa shape index (κ1) is 19.4. The third-order valence-corrected chi connectivity index (χ3v) is 3.35. The lowest BCUT2D eigenvalue weighted by molar-refractivity contribution is -0.150. The monoisotopic (exact) mass is 287 g/mol. The van der Waals surface area contributed by atoms with E-state index in [1.54, 1.807) is 13.8 Å². The highest BCUT2D eigenvalue weighted by Crippen LogP contribution is 2.14. The number of carbonyl (C=O) groups excluding carboxylic acids is 1. The summed E-state index contributed by atoms with van der Waals surface area (Å²) >= 11 is 0. The summed E-state index contributed by atoms with van der Waals surface area (Å²) in [6.07, 6.45) is 7.95. The van der Waals surface area contributed by atoms with Crippen molar-refractivity contribution in [3.05, 3.63) is 0 Å². The average Bonchev–Trinajstić information content (AvgIpc) is 2.37. The molecule has 0 radical (unpaired) electrons. The highest BCUT2D eigenvalue weighted by Gasteiger charge is 2.32. The molecule has 120 valence electrons. The van der Waals surface area contributed by atoms with Crippen molar-refractivity contribution in [3.8, 4) is 0 Å². The third kappa shape index (κ3) is 9.32. The van der Waals surface area contributed by atoms with Gasteiger partial charge in [0, 0.05) is 13.0 Å². The molecule has 2 N–H and O–H groups in total. The van der Waals surface area contributed by atoms with Gasteiger partial charge in [0.15, 0.2) is 0 Å². The number of hydrogen-bond acceptors (Lipinski definition) is 4. The summed E-state index contributed by atoms with van der Waals surface area (Å²) < 4.78 is 10.7. The Labute approximate surface area is 124 Å². The molecule has 4 nitrogen and oxygen atoms in total. The van der Waals surface area contributed by atoms with Crippen molar-refractivity contribution in [2.75, 3.05) is 13.2 Å². The van der Waals surface area contributed by atoms with Gasteiger partial charge in [-0.1, -0.05) is 39.0 Å². The molecule has 2 atom stereocenters. The number of ether oxygens (including phenoxy) is 2. The van der Waals surface area contributed by atoms with Gasteiger partial charge in [0.1, 0.15) is 5.54 Å². The molecule has 0 aliphatic rings. The molecule has 0 saturated heterocycles. The van der Waals surface area contributed by atoms with Crippen LogP contribution in [0.1, 0.15) is 72.6 Å². The topological polar surface area (TPSA) is 61.5 Å². The Morgan fingerprint density at radius 1 is 1.15 bits per heavy atom. The van der Waals surface area contributed by atoms with Crippen molar-refractivity contribution in [2.45, 2.75) is 84.3 Å². The molecule has 2 unspecified atom stereocenters. The van der Waals surface area contributed by atoms with Crippen LogP contribution in [0.5, 0.6) is 0 Å². The van der Waals surface area contributed by atoms with Crippen LogP contribution in [0.4, 0.5) is 0 Å². The third-order valence-electron chi connectivity index (χ3n) is 3.35. The quantitative estimate of drug-likeness (QED) is 0.441. The maximum absolute atomic E-state index is 11.7. The van der Waals surface area contributed by atoms with Gasteiger partial charge in [-0.05, 0) is 27.2 Å². The minimum absolute atomic E-state index is 0.0231. The van der Waals surface area contributed by atoms with Crippen molar-refractivity contribution in [1.29, 1.82) is 0 Å². The molecule has 0 aliphatic heterocycles. The molecular weight excluding hydrogens is 254 g/mol. The second kappa shape index (κ2) is 11.1. The number of hydrogen-bond donors (Lipinski definition) is 1. The Morgan fingerprint density at radius 2 is 1.75 bits per heavy atom. The Balaban J connectivity index is 3.71. The average molecular weight is 287 g/mol. The van der Waals surface area contributed by atoms with Crippen LogP contribution in [0, 0.1) is 0 Å². The zero-order valence-corrected chi connectivity index (χ0v) is 13.7. The largest absolute Gasteiger partial charge is 0.465 e. The van der Waals surface area contributed by atoms with Crippen molar-refractivity contribution in [1.82, 2.24) is 0 Å². The van der Waals surface area contributed by atoms with Gasteiger partial charge < -0.3 is 15.2 Å². The summed E-state index contributed by atoms with van der Waals surface area (Å²) in [6.45, 7) is 8.77. The molecule has 0 spiro atoms. The van der Waals surface area contributed by atoms with Crippen LogP contribution in [-0.4, -0.2) is 30.8 Å². The van der Waals surface area contributed by atoms with E-state index < -0.39 is 5.54 Å². The van der Waals surface area contributed by atoms with E-state index in [0.29, 0.717) is 13.0 Å². The van der Waals surface area contributed by atoms with Gasteiger partial charge in [-0.15, -0.1) is 0 Å².